The molecule has 3 aromatic carbocycles. The molecule has 0 aromatic heterocycles. The van der Waals surface area contributed by atoms with E-state index in [1.807, 2.05) is 66.5 Å². The van der Waals surface area contributed by atoms with Crippen LogP contribution in [0.5, 0.6) is 11.5 Å². The summed E-state index contributed by atoms with van der Waals surface area (Å²) in [5.41, 5.74) is 1.77. The highest BCUT2D eigenvalue weighted by Gasteiger charge is 2.13. The van der Waals surface area contributed by atoms with Crippen LogP contribution in [-0.4, -0.2) is 38.6 Å². The van der Waals surface area contributed by atoms with Crippen molar-refractivity contribution in [2.75, 3.05) is 33.1 Å². The van der Waals surface area contributed by atoms with Crippen molar-refractivity contribution in [3.05, 3.63) is 66.2 Å². The SMILES string of the molecule is COc1cccc(CN(C)CC(=O)Nc2ccc3ccccc3c2)c1OC. The molecule has 0 unspecified atom stereocenters. The number of hydrogen-bond acceptors (Lipinski definition) is 4. The van der Waals surface area contributed by atoms with Crippen LogP contribution in [0.3, 0.4) is 0 Å². The Morgan fingerprint density at radius 1 is 0.963 bits per heavy atom. The summed E-state index contributed by atoms with van der Waals surface area (Å²) in [7, 11) is 5.13. The maximum absolute atomic E-state index is 12.4. The van der Waals surface area contributed by atoms with E-state index in [2.05, 4.69) is 11.4 Å². The lowest BCUT2D eigenvalue weighted by Crippen LogP contribution is -2.30. The summed E-state index contributed by atoms with van der Waals surface area (Å²) in [5, 5.41) is 5.22. The molecule has 0 bridgehead atoms. The minimum atomic E-state index is -0.0605. The number of ether oxygens (including phenoxy) is 2. The standard InChI is InChI=1S/C22H24N2O3/c1-24(14-18-9-6-10-20(26-2)22(18)27-3)15-21(25)23-19-12-11-16-7-4-5-8-17(16)13-19/h4-13H,14-15H2,1-3H3,(H,23,25). The molecule has 0 atom stereocenters. The lowest BCUT2D eigenvalue weighted by Gasteiger charge is -2.19. The first-order valence-electron chi connectivity index (χ1n) is 8.78. The predicted octanol–water partition coefficient (Wildman–Crippen LogP) is 3.93. The molecule has 0 saturated carbocycles. The van der Waals surface area contributed by atoms with Gasteiger partial charge in [0.05, 0.1) is 20.8 Å². The molecule has 27 heavy (non-hydrogen) atoms. The molecule has 0 heterocycles. The number of carbonyl (C=O) groups is 1. The van der Waals surface area contributed by atoms with E-state index in [0.29, 0.717) is 18.0 Å². The first kappa shape index (κ1) is 18.7. The molecule has 3 rings (SSSR count). The van der Waals surface area contributed by atoms with Crippen molar-refractivity contribution in [1.29, 1.82) is 0 Å². The van der Waals surface area contributed by atoms with Crippen molar-refractivity contribution >= 4 is 22.4 Å². The molecular formula is C22H24N2O3. The number of hydrogen-bond donors (Lipinski definition) is 1. The third kappa shape index (κ3) is 4.57. The van der Waals surface area contributed by atoms with E-state index in [0.717, 1.165) is 22.0 Å². The van der Waals surface area contributed by atoms with Gasteiger partial charge >= 0.3 is 0 Å². The van der Waals surface area contributed by atoms with Crippen LogP contribution >= 0.6 is 0 Å². The number of likely N-dealkylation sites (N-methyl/N-ethyl adjacent to an activating group) is 1. The summed E-state index contributed by atoms with van der Waals surface area (Å²) >= 11 is 0. The number of nitrogens with zero attached hydrogens (tertiary/aromatic N) is 1. The van der Waals surface area contributed by atoms with E-state index in [-0.39, 0.29) is 12.5 Å². The topological polar surface area (TPSA) is 50.8 Å². The zero-order valence-electron chi connectivity index (χ0n) is 15.9. The van der Waals surface area contributed by atoms with Gasteiger partial charge in [0.2, 0.25) is 5.91 Å². The highest BCUT2D eigenvalue weighted by atomic mass is 16.5. The fourth-order valence-corrected chi connectivity index (χ4v) is 3.14. The van der Waals surface area contributed by atoms with Gasteiger partial charge in [0, 0.05) is 17.8 Å². The Balaban J connectivity index is 1.63. The second-order valence-electron chi connectivity index (χ2n) is 6.44. The van der Waals surface area contributed by atoms with Gasteiger partial charge in [-0.3, -0.25) is 9.69 Å². The third-order valence-corrected chi connectivity index (χ3v) is 4.37. The van der Waals surface area contributed by atoms with Crippen LogP contribution < -0.4 is 14.8 Å². The van der Waals surface area contributed by atoms with E-state index < -0.39 is 0 Å². The van der Waals surface area contributed by atoms with Crippen molar-refractivity contribution < 1.29 is 14.3 Å². The molecule has 3 aromatic rings. The molecule has 5 nitrogen and oxygen atoms in total. The first-order chi connectivity index (χ1) is 13.1. The Kier molecular flexibility index (Phi) is 5.94. The lowest BCUT2D eigenvalue weighted by atomic mass is 10.1. The van der Waals surface area contributed by atoms with Gasteiger partial charge in [-0.25, -0.2) is 0 Å². The van der Waals surface area contributed by atoms with Crippen LogP contribution in [0.15, 0.2) is 60.7 Å². The second kappa shape index (κ2) is 8.56. The molecule has 0 fully saturated rings. The molecule has 0 radical (unpaired) electrons. The number of anilines is 1. The van der Waals surface area contributed by atoms with E-state index in [1.54, 1.807) is 14.2 Å². The number of methoxy groups -OCH3 is 2. The molecule has 1 N–H and O–H groups in total. The molecule has 140 valence electrons. The van der Waals surface area contributed by atoms with Gasteiger partial charge in [-0.1, -0.05) is 42.5 Å². The van der Waals surface area contributed by atoms with Crippen molar-refractivity contribution in [2.24, 2.45) is 0 Å². The van der Waals surface area contributed by atoms with Gasteiger partial charge in [0.1, 0.15) is 0 Å². The van der Waals surface area contributed by atoms with Gasteiger partial charge < -0.3 is 14.8 Å². The highest BCUT2D eigenvalue weighted by Crippen LogP contribution is 2.31. The summed E-state index contributed by atoms with van der Waals surface area (Å²) in [6.45, 7) is 0.846. The van der Waals surface area contributed by atoms with Crippen molar-refractivity contribution in [1.82, 2.24) is 4.90 Å². The van der Waals surface area contributed by atoms with Crippen LogP contribution in [0, 0.1) is 0 Å². The zero-order chi connectivity index (χ0) is 19.2. The fourth-order valence-electron chi connectivity index (χ4n) is 3.14. The first-order valence-corrected chi connectivity index (χ1v) is 8.78. The molecule has 0 saturated heterocycles. The number of rotatable bonds is 7. The Morgan fingerprint density at radius 3 is 2.48 bits per heavy atom. The molecule has 1 amide bonds. The van der Waals surface area contributed by atoms with Gasteiger partial charge in [-0.2, -0.15) is 0 Å². The zero-order valence-corrected chi connectivity index (χ0v) is 15.9. The van der Waals surface area contributed by atoms with Gasteiger partial charge in [-0.15, -0.1) is 0 Å². The largest absolute Gasteiger partial charge is 0.493 e. The number of nitrogens with one attached hydrogen (secondary N) is 1. The summed E-state index contributed by atoms with van der Waals surface area (Å²) in [6, 6.07) is 19.7. The molecule has 0 spiro atoms. The van der Waals surface area contributed by atoms with Crippen molar-refractivity contribution in [2.45, 2.75) is 6.54 Å². The number of fused-ring (bicyclic) bond motifs is 1. The maximum atomic E-state index is 12.4. The predicted molar refractivity (Wildman–Crippen MR) is 108 cm³/mol. The molecular weight excluding hydrogens is 340 g/mol. The molecule has 0 aliphatic rings. The van der Waals surface area contributed by atoms with Crippen LogP contribution in [-0.2, 0) is 11.3 Å². The average molecular weight is 364 g/mol. The van der Waals surface area contributed by atoms with Crippen LogP contribution in [0.1, 0.15) is 5.56 Å². The Labute approximate surface area is 159 Å². The Bertz CT molecular complexity index is 940. The fraction of sp³-hybridized carbons (Fsp3) is 0.227. The van der Waals surface area contributed by atoms with Crippen LogP contribution in [0.4, 0.5) is 5.69 Å². The maximum Gasteiger partial charge on any atom is 0.238 e. The van der Waals surface area contributed by atoms with E-state index in [1.165, 1.54) is 0 Å². The third-order valence-electron chi connectivity index (χ3n) is 4.37. The smallest absolute Gasteiger partial charge is 0.238 e. The second-order valence-corrected chi connectivity index (χ2v) is 6.44. The minimum absolute atomic E-state index is 0.0605. The van der Waals surface area contributed by atoms with Crippen molar-refractivity contribution in [3.8, 4) is 11.5 Å². The summed E-state index contributed by atoms with van der Waals surface area (Å²) in [4.78, 5) is 14.4. The van der Waals surface area contributed by atoms with Crippen LogP contribution in [0.2, 0.25) is 0 Å². The number of carbonyl (C=O) groups excluding carboxylic acids is 1. The Hall–Kier alpha value is -3.05. The monoisotopic (exact) mass is 364 g/mol. The summed E-state index contributed by atoms with van der Waals surface area (Å²) in [6.07, 6.45) is 0. The van der Waals surface area contributed by atoms with Crippen LogP contribution in [0.25, 0.3) is 10.8 Å². The molecule has 0 aliphatic carbocycles. The van der Waals surface area contributed by atoms with Gasteiger partial charge in [-0.05, 0) is 36.0 Å². The minimum Gasteiger partial charge on any atom is -0.493 e. The molecule has 0 aliphatic heterocycles. The number of para-hydroxylation sites is 1. The lowest BCUT2D eigenvalue weighted by molar-refractivity contribution is -0.117. The van der Waals surface area contributed by atoms with E-state index in [9.17, 15) is 4.79 Å². The van der Waals surface area contributed by atoms with Gasteiger partial charge in [0.15, 0.2) is 11.5 Å². The van der Waals surface area contributed by atoms with Crippen molar-refractivity contribution in [3.63, 3.8) is 0 Å². The van der Waals surface area contributed by atoms with Gasteiger partial charge in [0.25, 0.3) is 0 Å². The van der Waals surface area contributed by atoms with E-state index >= 15 is 0 Å². The normalized spacial score (nSPS) is 10.8. The number of amides is 1. The number of benzene rings is 3. The highest BCUT2D eigenvalue weighted by molar-refractivity contribution is 5.95. The molecule has 5 heteroatoms. The van der Waals surface area contributed by atoms with E-state index in [4.69, 9.17) is 9.47 Å². The summed E-state index contributed by atoms with van der Waals surface area (Å²) in [5.74, 6) is 1.32. The Morgan fingerprint density at radius 2 is 1.74 bits per heavy atom. The average Bonchev–Trinajstić information content (AvgIpc) is 2.67. The quantitative estimate of drug-likeness (QED) is 0.690. The summed E-state index contributed by atoms with van der Waals surface area (Å²) < 4.78 is 10.8.